The van der Waals surface area contributed by atoms with Gasteiger partial charge < -0.3 is 15.3 Å². The predicted molar refractivity (Wildman–Crippen MR) is 76.9 cm³/mol. The topological polar surface area (TPSA) is 69.6 Å². The molecule has 0 saturated carbocycles. The number of carboxylic acid groups (broad SMARTS) is 1. The van der Waals surface area contributed by atoms with E-state index in [4.69, 9.17) is 5.11 Å². The first-order chi connectivity index (χ1) is 9.88. The molecule has 1 aliphatic heterocycles. The first-order valence-corrected chi connectivity index (χ1v) is 6.97. The largest absolute Gasteiger partial charge is 0.478 e. The number of carbonyl (C=O) groups is 2. The molecule has 0 spiro atoms. The standard InChI is InChI=1S/C15H19FN2O3/c1-9-5-6-18(8-10(9)2)15(21)17-13-4-3-11(14(19)20)7-12(13)16/h3-4,7,9-10H,5-6,8H2,1-2H3,(H,17,21)(H,19,20). The number of hydrogen-bond acceptors (Lipinski definition) is 2. The fraction of sp³-hybridized carbons (Fsp3) is 0.467. The summed E-state index contributed by atoms with van der Waals surface area (Å²) in [6.45, 7) is 5.53. The number of nitrogens with zero attached hydrogens (tertiary/aromatic N) is 1. The second-order valence-corrected chi connectivity index (χ2v) is 5.62. The minimum Gasteiger partial charge on any atom is -0.478 e. The van der Waals surface area contributed by atoms with E-state index in [2.05, 4.69) is 19.2 Å². The Morgan fingerprint density at radius 1 is 1.33 bits per heavy atom. The summed E-state index contributed by atoms with van der Waals surface area (Å²) in [4.78, 5) is 24.5. The molecule has 1 aliphatic rings. The number of nitrogens with one attached hydrogen (secondary N) is 1. The monoisotopic (exact) mass is 294 g/mol. The van der Waals surface area contributed by atoms with Gasteiger partial charge in [-0.05, 0) is 36.5 Å². The van der Waals surface area contributed by atoms with Crippen LogP contribution in [0.4, 0.5) is 14.9 Å². The van der Waals surface area contributed by atoms with Gasteiger partial charge in [0.05, 0.1) is 11.3 Å². The molecular weight excluding hydrogens is 275 g/mol. The van der Waals surface area contributed by atoms with Crippen molar-refractivity contribution in [2.24, 2.45) is 11.8 Å². The molecule has 0 bridgehead atoms. The van der Waals surface area contributed by atoms with Crippen molar-refractivity contribution in [3.63, 3.8) is 0 Å². The van der Waals surface area contributed by atoms with E-state index < -0.39 is 11.8 Å². The zero-order valence-electron chi connectivity index (χ0n) is 12.1. The van der Waals surface area contributed by atoms with Crippen molar-refractivity contribution in [2.45, 2.75) is 20.3 Å². The summed E-state index contributed by atoms with van der Waals surface area (Å²) in [6, 6.07) is 3.09. The van der Waals surface area contributed by atoms with E-state index in [0.29, 0.717) is 24.9 Å². The van der Waals surface area contributed by atoms with Gasteiger partial charge in [0.1, 0.15) is 5.82 Å². The van der Waals surface area contributed by atoms with E-state index in [0.717, 1.165) is 12.5 Å². The van der Waals surface area contributed by atoms with Crippen molar-refractivity contribution in [2.75, 3.05) is 18.4 Å². The number of anilines is 1. The van der Waals surface area contributed by atoms with Gasteiger partial charge in [-0.15, -0.1) is 0 Å². The number of halogens is 1. The third-order valence-corrected chi connectivity index (χ3v) is 4.08. The lowest BCUT2D eigenvalue weighted by Gasteiger charge is -2.35. The molecule has 1 aromatic carbocycles. The Hall–Kier alpha value is -2.11. The molecule has 21 heavy (non-hydrogen) atoms. The third-order valence-electron chi connectivity index (χ3n) is 4.08. The third kappa shape index (κ3) is 3.51. The van der Waals surface area contributed by atoms with Crippen LogP contribution in [0, 0.1) is 17.7 Å². The van der Waals surface area contributed by atoms with Crippen LogP contribution in [0.15, 0.2) is 18.2 Å². The van der Waals surface area contributed by atoms with Crippen LogP contribution in [-0.2, 0) is 0 Å². The number of rotatable bonds is 2. The molecule has 2 N–H and O–H groups in total. The number of piperidine rings is 1. The maximum absolute atomic E-state index is 13.8. The predicted octanol–water partition coefficient (Wildman–Crippen LogP) is 3.03. The second-order valence-electron chi connectivity index (χ2n) is 5.62. The molecule has 2 unspecified atom stereocenters. The van der Waals surface area contributed by atoms with Gasteiger partial charge in [0, 0.05) is 13.1 Å². The maximum atomic E-state index is 13.8. The minimum atomic E-state index is -1.20. The lowest BCUT2D eigenvalue weighted by Crippen LogP contribution is -2.44. The number of carbonyl (C=O) groups excluding carboxylic acids is 1. The normalized spacial score (nSPS) is 22.0. The Morgan fingerprint density at radius 3 is 2.62 bits per heavy atom. The molecule has 2 rings (SSSR count). The summed E-state index contributed by atoms with van der Waals surface area (Å²) in [6.07, 6.45) is 0.926. The van der Waals surface area contributed by atoms with Gasteiger partial charge in [-0.1, -0.05) is 13.8 Å². The molecular formula is C15H19FN2O3. The number of hydrogen-bond donors (Lipinski definition) is 2. The molecule has 5 nitrogen and oxygen atoms in total. The van der Waals surface area contributed by atoms with Crippen LogP contribution in [0.25, 0.3) is 0 Å². The highest BCUT2D eigenvalue weighted by Crippen LogP contribution is 2.23. The highest BCUT2D eigenvalue weighted by molar-refractivity contribution is 5.91. The molecule has 0 aliphatic carbocycles. The SMILES string of the molecule is CC1CCN(C(=O)Nc2ccc(C(=O)O)cc2F)CC1C. The van der Waals surface area contributed by atoms with Gasteiger partial charge >= 0.3 is 12.0 Å². The van der Waals surface area contributed by atoms with Gasteiger partial charge in [0.2, 0.25) is 0 Å². The van der Waals surface area contributed by atoms with E-state index >= 15 is 0 Å². The smallest absolute Gasteiger partial charge is 0.335 e. The van der Waals surface area contributed by atoms with Crippen molar-refractivity contribution >= 4 is 17.7 Å². The highest BCUT2D eigenvalue weighted by Gasteiger charge is 2.26. The van der Waals surface area contributed by atoms with Crippen LogP contribution in [0.3, 0.4) is 0 Å². The molecule has 0 aromatic heterocycles. The fourth-order valence-corrected chi connectivity index (χ4v) is 2.39. The van der Waals surface area contributed by atoms with Crippen LogP contribution >= 0.6 is 0 Å². The molecule has 2 atom stereocenters. The number of urea groups is 1. The number of likely N-dealkylation sites (tertiary alicyclic amines) is 1. The van der Waals surface area contributed by atoms with Gasteiger partial charge in [-0.25, -0.2) is 14.0 Å². The van der Waals surface area contributed by atoms with E-state index in [1.54, 1.807) is 4.90 Å². The number of amides is 2. The van der Waals surface area contributed by atoms with E-state index in [1.165, 1.54) is 12.1 Å². The van der Waals surface area contributed by atoms with Crippen molar-refractivity contribution < 1.29 is 19.1 Å². The number of aromatic carboxylic acids is 1. The molecule has 114 valence electrons. The van der Waals surface area contributed by atoms with Gasteiger partial charge in [0.15, 0.2) is 0 Å². The molecule has 1 saturated heterocycles. The molecule has 1 aromatic rings. The van der Waals surface area contributed by atoms with E-state index in [1.807, 2.05) is 0 Å². The fourth-order valence-electron chi connectivity index (χ4n) is 2.39. The highest BCUT2D eigenvalue weighted by atomic mass is 19.1. The second kappa shape index (κ2) is 6.11. The Morgan fingerprint density at radius 2 is 2.05 bits per heavy atom. The van der Waals surface area contributed by atoms with Crippen LogP contribution in [-0.4, -0.2) is 35.1 Å². The first kappa shape index (κ1) is 15.3. The quantitative estimate of drug-likeness (QED) is 0.880. The molecule has 6 heteroatoms. The van der Waals surface area contributed by atoms with Crippen molar-refractivity contribution in [1.29, 1.82) is 0 Å². The Bertz CT molecular complexity index is 562. The number of carboxylic acids is 1. The summed E-state index contributed by atoms with van der Waals surface area (Å²) >= 11 is 0. The summed E-state index contributed by atoms with van der Waals surface area (Å²) in [5.74, 6) is -0.975. The lowest BCUT2D eigenvalue weighted by atomic mass is 9.89. The van der Waals surface area contributed by atoms with Crippen molar-refractivity contribution in [3.8, 4) is 0 Å². The van der Waals surface area contributed by atoms with Crippen LogP contribution < -0.4 is 5.32 Å². The Kier molecular flexibility index (Phi) is 4.45. The van der Waals surface area contributed by atoms with Crippen LogP contribution in [0.5, 0.6) is 0 Å². The lowest BCUT2D eigenvalue weighted by molar-refractivity contribution is 0.0696. The summed E-state index contributed by atoms with van der Waals surface area (Å²) in [5.41, 5.74) is -0.151. The summed E-state index contributed by atoms with van der Waals surface area (Å²) < 4.78 is 13.8. The van der Waals surface area contributed by atoms with Gasteiger partial charge in [0.25, 0.3) is 0 Å². The molecule has 0 radical (unpaired) electrons. The van der Waals surface area contributed by atoms with Gasteiger partial charge in [-0.3, -0.25) is 0 Å². The summed E-state index contributed by atoms with van der Waals surface area (Å²) in [7, 11) is 0. The average Bonchev–Trinajstić information content (AvgIpc) is 2.43. The van der Waals surface area contributed by atoms with Crippen LogP contribution in [0.2, 0.25) is 0 Å². The average molecular weight is 294 g/mol. The summed E-state index contributed by atoms with van der Waals surface area (Å²) in [5, 5.41) is 11.3. The van der Waals surface area contributed by atoms with E-state index in [-0.39, 0.29) is 17.3 Å². The first-order valence-electron chi connectivity index (χ1n) is 6.97. The molecule has 1 heterocycles. The molecule has 1 fully saturated rings. The maximum Gasteiger partial charge on any atom is 0.335 e. The van der Waals surface area contributed by atoms with E-state index in [9.17, 15) is 14.0 Å². The zero-order chi connectivity index (χ0) is 15.6. The zero-order valence-corrected chi connectivity index (χ0v) is 12.1. The van der Waals surface area contributed by atoms with Crippen LogP contribution in [0.1, 0.15) is 30.6 Å². The Labute approximate surface area is 122 Å². The Balaban J connectivity index is 2.04. The van der Waals surface area contributed by atoms with Crippen molar-refractivity contribution in [3.05, 3.63) is 29.6 Å². The van der Waals surface area contributed by atoms with Gasteiger partial charge in [-0.2, -0.15) is 0 Å². The van der Waals surface area contributed by atoms with Crippen molar-refractivity contribution in [1.82, 2.24) is 4.90 Å². The number of benzene rings is 1. The molecule has 2 amide bonds. The minimum absolute atomic E-state index is 0.00345.